The third kappa shape index (κ3) is 7.49. The molecule has 2 atom stereocenters. The minimum Gasteiger partial charge on any atom is -0.489 e. The number of thiazole rings is 1. The molecule has 0 saturated carbocycles. The molecule has 4 aromatic rings. The molecule has 3 aromatic carbocycles. The van der Waals surface area contributed by atoms with E-state index in [9.17, 15) is 9.59 Å². The van der Waals surface area contributed by atoms with Crippen molar-refractivity contribution in [1.82, 2.24) is 10.3 Å². The molecule has 9 heteroatoms. The third-order valence-corrected chi connectivity index (χ3v) is 8.30. The Labute approximate surface area is 236 Å². The van der Waals surface area contributed by atoms with Crippen molar-refractivity contribution in [2.45, 2.75) is 50.1 Å². The molecule has 198 valence electrons. The number of nitrogens with zero attached hydrogens (tertiary/aromatic N) is 1. The number of ether oxygens (including phenoxy) is 1. The molecule has 0 saturated heterocycles. The molecule has 0 aliphatic heterocycles. The lowest BCUT2D eigenvalue weighted by molar-refractivity contribution is -0.119. The summed E-state index contributed by atoms with van der Waals surface area (Å²) in [6, 6.07) is 20.4. The maximum Gasteiger partial charge on any atom is 0.255 e. The van der Waals surface area contributed by atoms with E-state index in [-0.39, 0.29) is 29.7 Å². The molecule has 2 amide bonds. The minimum atomic E-state index is -0.261. The fraction of sp³-hybridized carbons (Fsp3) is 0.276. The number of aromatic nitrogens is 1. The number of benzene rings is 3. The highest BCUT2D eigenvalue weighted by atomic mass is 35.5. The predicted molar refractivity (Wildman–Crippen MR) is 158 cm³/mol. The van der Waals surface area contributed by atoms with Crippen LogP contribution >= 0.6 is 34.7 Å². The number of carbonyl (C=O) groups excluding carboxylic acids is 2. The molecule has 1 unspecified atom stereocenters. The largest absolute Gasteiger partial charge is 0.489 e. The lowest BCUT2D eigenvalue weighted by Gasteiger charge is -2.15. The first-order valence-corrected chi connectivity index (χ1v) is 14.7. The Morgan fingerprint density at radius 3 is 2.61 bits per heavy atom. The van der Waals surface area contributed by atoms with Gasteiger partial charge in [0.1, 0.15) is 5.75 Å². The summed E-state index contributed by atoms with van der Waals surface area (Å²) in [6.45, 7) is 6.07. The van der Waals surface area contributed by atoms with Crippen molar-refractivity contribution in [1.29, 1.82) is 0 Å². The van der Waals surface area contributed by atoms with E-state index >= 15 is 0 Å². The number of fused-ring (bicyclic) bond motifs is 1. The summed E-state index contributed by atoms with van der Waals surface area (Å²) in [7, 11) is 0. The van der Waals surface area contributed by atoms with Gasteiger partial charge >= 0.3 is 0 Å². The molecular weight excluding hydrogens is 538 g/mol. The normalized spacial score (nSPS) is 12.6. The summed E-state index contributed by atoms with van der Waals surface area (Å²) in [5.74, 6) is 0.540. The molecule has 0 bridgehead atoms. The average molecular weight is 568 g/mol. The van der Waals surface area contributed by atoms with E-state index in [1.807, 2.05) is 62.4 Å². The van der Waals surface area contributed by atoms with Crippen LogP contribution in [0.3, 0.4) is 0 Å². The monoisotopic (exact) mass is 567 g/mol. The van der Waals surface area contributed by atoms with Crippen LogP contribution in [0.15, 0.2) is 71.1 Å². The van der Waals surface area contributed by atoms with Gasteiger partial charge in [-0.15, -0.1) is 11.3 Å². The number of nitrogens with one attached hydrogen (secondary N) is 2. The van der Waals surface area contributed by atoms with E-state index in [0.29, 0.717) is 22.0 Å². The molecule has 0 spiro atoms. The Balaban J connectivity index is 1.34. The number of carbonyl (C=O) groups is 2. The lowest BCUT2D eigenvalue weighted by atomic mass is 10.1. The highest BCUT2D eigenvalue weighted by Crippen LogP contribution is 2.32. The van der Waals surface area contributed by atoms with Gasteiger partial charge in [0.05, 0.1) is 33.1 Å². The van der Waals surface area contributed by atoms with Crippen molar-refractivity contribution in [3.63, 3.8) is 0 Å². The predicted octanol–water partition coefficient (Wildman–Crippen LogP) is 7.74. The van der Waals surface area contributed by atoms with Gasteiger partial charge < -0.3 is 15.4 Å². The second-order valence-electron chi connectivity index (χ2n) is 8.97. The summed E-state index contributed by atoms with van der Waals surface area (Å²) in [6.07, 6.45) is 2.01. The summed E-state index contributed by atoms with van der Waals surface area (Å²) in [4.78, 5) is 29.9. The van der Waals surface area contributed by atoms with Crippen molar-refractivity contribution in [2.24, 2.45) is 0 Å². The van der Waals surface area contributed by atoms with Crippen LogP contribution in [0, 0.1) is 0 Å². The Hall–Kier alpha value is -3.07. The minimum absolute atomic E-state index is 0.0477. The van der Waals surface area contributed by atoms with Gasteiger partial charge in [0.25, 0.3) is 5.91 Å². The van der Waals surface area contributed by atoms with Crippen LogP contribution in [-0.4, -0.2) is 28.7 Å². The van der Waals surface area contributed by atoms with Crippen LogP contribution in [0.25, 0.3) is 10.2 Å². The van der Waals surface area contributed by atoms with Crippen LogP contribution in [0.2, 0.25) is 5.02 Å². The first-order chi connectivity index (χ1) is 18.3. The van der Waals surface area contributed by atoms with Crippen LogP contribution in [0.4, 0.5) is 5.69 Å². The second kappa shape index (κ2) is 13.1. The number of amides is 2. The average Bonchev–Trinajstić information content (AvgIpc) is 3.31. The van der Waals surface area contributed by atoms with Gasteiger partial charge in [0.15, 0.2) is 4.34 Å². The molecule has 38 heavy (non-hydrogen) atoms. The van der Waals surface area contributed by atoms with Gasteiger partial charge in [-0.1, -0.05) is 67.0 Å². The molecule has 1 heterocycles. The highest BCUT2D eigenvalue weighted by molar-refractivity contribution is 8.01. The number of rotatable bonds is 11. The number of hydrogen-bond acceptors (Lipinski definition) is 6. The fourth-order valence-corrected chi connectivity index (χ4v) is 6.05. The van der Waals surface area contributed by atoms with Crippen molar-refractivity contribution >= 4 is 62.4 Å². The van der Waals surface area contributed by atoms with Gasteiger partial charge in [-0.05, 0) is 62.2 Å². The zero-order valence-corrected chi connectivity index (χ0v) is 23.9. The first kappa shape index (κ1) is 28.0. The van der Waals surface area contributed by atoms with Gasteiger partial charge in [-0.3, -0.25) is 9.59 Å². The van der Waals surface area contributed by atoms with Crippen LogP contribution < -0.4 is 15.4 Å². The zero-order valence-electron chi connectivity index (χ0n) is 21.5. The first-order valence-electron chi connectivity index (χ1n) is 12.5. The number of anilines is 1. The summed E-state index contributed by atoms with van der Waals surface area (Å²) in [5.41, 5.74) is 2.99. The van der Waals surface area contributed by atoms with Gasteiger partial charge in [0.2, 0.25) is 5.91 Å². The second-order valence-corrected chi connectivity index (χ2v) is 11.6. The molecule has 0 aliphatic rings. The molecule has 6 nitrogen and oxygen atoms in total. The standard InChI is InChI=1S/C29H30ClN3O3S2/c1-4-8-18(2)36-25-14-11-21(15-23(25)30)28(35)32-22-12-13-24-26(16-22)38-29(33-24)37-17-27(34)31-19(3)20-9-6-5-7-10-20/h5-7,9-16,18-19H,4,8,17H2,1-3H3,(H,31,34)(H,32,35)/t18?,19-/m0/s1. The molecule has 1 aromatic heterocycles. The van der Waals surface area contributed by atoms with Crippen molar-refractivity contribution in [2.75, 3.05) is 11.1 Å². The molecule has 0 radical (unpaired) electrons. The van der Waals surface area contributed by atoms with Crippen molar-refractivity contribution in [3.05, 3.63) is 82.9 Å². The number of thioether (sulfide) groups is 1. The highest BCUT2D eigenvalue weighted by Gasteiger charge is 2.14. The van der Waals surface area contributed by atoms with E-state index in [0.717, 1.165) is 33.0 Å². The molecular formula is C29H30ClN3O3S2. The van der Waals surface area contributed by atoms with E-state index in [1.54, 1.807) is 18.2 Å². The lowest BCUT2D eigenvalue weighted by Crippen LogP contribution is -2.28. The Morgan fingerprint density at radius 1 is 1.08 bits per heavy atom. The summed E-state index contributed by atoms with van der Waals surface area (Å²) >= 11 is 9.26. The van der Waals surface area contributed by atoms with Gasteiger partial charge in [-0.25, -0.2) is 4.98 Å². The number of hydrogen-bond donors (Lipinski definition) is 2. The zero-order chi connectivity index (χ0) is 27.1. The Kier molecular flexibility index (Phi) is 9.66. The fourth-order valence-electron chi connectivity index (χ4n) is 3.90. The Morgan fingerprint density at radius 2 is 1.87 bits per heavy atom. The maximum atomic E-state index is 12.8. The van der Waals surface area contributed by atoms with E-state index in [1.165, 1.54) is 23.1 Å². The third-order valence-electron chi connectivity index (χ3n) is 5.85. The quantitative estimate of drug-likeness (QED) is 0.181. The van der Waals surface area contributed by atoms with Gasteiger partial charge in [0, 0.05) is 11.3 Å². The topological polar surface area (TPSA) is 80.3 Å². The molecule has 0 aliphatic carbocycles. The summed E-state index contributed by atoms with van der Waals surface area (Å²) in [5, 5.41) is 6.35. The van der Waals surface area contributed by atoms with Crippen molar-refractivity contribution < 1.29 is 14.3 Å². The van der Waals surface area contributed by atoms with Crippen LogP contribution in [-0.2, 0) is 4.79 Å². The maximum absolute atomic E-state index is 12.8. The SMILES string of the molecule is CCCC(C)Oc1ccc(C(=O)Nc2ccc3nc(SCC(=O)N[C@@H](C)c4ccccc4)sc3c2)cc1Cl. The van der Waals surface area contributed by atoms with Crippen molar-refractivity contribution in [3.8, 4) is 5.75 Å². The molecule has 0 fully saturated rings. The number of halogens is 1. The van der Waals surface area contributed by atoms with E-state index < -0.39 is 0 Å². The summed E-state index contributed by atoms with van der Waals surface area (Å²) < 4.78 is 7.59. The van der Waals surface area contributed by atoms with E-state index in [2.05, 4.69) is 22.5 Å². The Bertz CT molecular complexity index is 1410. The van der Waals surface area contributed by atoms with Crippen LogP contribution in [0.1, 0.15) is 55.6 Å². The van der Waals surface area contributed by atoms with Gasteiger partial charge in [-0.2, -0.15) is 0 Å². The van der Waals surface area contributed by atoms with E-state index in [4.69, 9.17) is 16.3 Å². The van der Waals surface area contributed by atoms with Crippen LogP contribution in [0.5, 0.6) is 5.75 Å². The smallest absolute Gasteiger partial charge is 0.255 e. The molecule has 4 rings (SSSR count). The molecule has 2 N–H and O–H groups in total.